The average molecular weight is 227 g/mol. The van der Waals surface area contributed by atoms with Gasteiger partial charge in [0.05, 0.1) is 0 Å². The maximum absolute atomic E-state index is 9.93. The third kappa shape index (κ3) is 3.41. The van der Waals surface area contributed by atoms with Crippen LogP contribution in [0.4, 0.5) is 0 Å². The summed E-state index contributed by atoms with van der Waals surface area (Å²) in [5.41, 5.74) is 3.31. The van der Waals surface area contributed by atoms with Crippen LogP contribution in [0.1, 0.15) is 22.9 Å². The first kappa shape index (κ1) is 11.8. The molecule has 0 radical (unpaired) electrons. The predicted octanol–water partition coefficient (Wildman–Crippen LogP) is 2.78. The minimum absolute atomic E-state index is 0.613. The molecule has 2 aromatic rings. The molecule has 0 spiro atoms. The van der Waals surface area contributed by atoms with Crippen molar-refractivity contribution in [2.24, 2.45) is 0 Å². The van der Waals surface area contributed by atoms with Crippen LogP contribution in [0.5, 0.6) is 0 Å². The highest BCUT2D eigenvalue weighted by molar-refractivity contribution is 5.22. The molecule has 0 aliphatic carbocycles. The maximum Gasteiger partial charge on any atom is 0.131 e. The largest absolute Gasteiger partial charge is 0.374 e. The fraction of sp³-hybridized carbons (Fsp3) is 0.200. The topological polar surface area (TPSA) is 32.3 Å². The zero-order chi connectivity index (χ0) is 12.1. The molecule has 2 N–H and O–H groups in total. The smallest absolute Gasteiger partial charge is 0.131 e. The van der Waals surface area contributed by atoms with E-state index in [0.717, 1.165) is 5.56 Å². The third-order valence-corrected chi connectivity index (χ3v) is 2.74. The molecule has 17 heavy (non-hydrogen) atoms. The van der Waals surface area contributed by atoms with Gasteiger partial charge in [-0.3, -0.25) is 5.32 Å². The molecular weight excluding hydrogens is 210 g/mol. The van der Waals surface area contributed by atoms with E-state index in [1.165, 1.54) is 11.1 Å². The van der Waals surface area contributed by atoms with Crippen LogP contribution >= 0.6 is 0 Å². The molecule has 0 aromatic heterocycles. The van der Waals surface area contributed by atoms with Crippen LogP contribution in [0, 0.1) is 6.92 Å². The van der Waals surface area contributed by atoms with E-state index in [1.54, 1.807) is 0 Å². The van der Waals surface area contributed by atoms with Crippen molar-refractivity contribution in [1.29, 1.82) is 0 Å². The second kappa shape index (κ2) is 5.62. The Balaban J connectivity index is 1.92. The lowest BCUT2D eigenvalue weighted by Gasteiger charge is -2.13. The van der Waals surface area contributed by atoms with E-state index in [-0.39, 0.29) is 0 Å². The maximum atomic E-state index is 9.93. The zero-order valence-electron chi connectivity index (χ0n) is 9.93. The van der Waals surface area contributed by atoms with Gasteiger partial charge in [-0.2, -0.15) is 0 Å². The summed E-state index contributed by atoms with van der Waals surface area (Å²) in [6, 6.07) is 17.9. The number of aliphatic hydroxyl groups is 1. The summed E-state index contributed by atoms with van der Waals surface area (Å²) < 4.78 is 0. The lowest BCUT2D eigenvalue weighted by molar-refractivity contribution is 0.137. The van der Waals surface area contributed by atoms with Crippen LogP contribution in [0.15, 0.2) is 54.6 Å². The van der Waals surface area contributed by atoms with Crippen molar-refractivity contribution in [2.75, 3.05) is 0 Å². The van der Waals surface area contributed by atoms with E-state index in [1.807, 2.05) is 30.3 Å². The lowest BCUT2D eigenvalue weighted by Crippen LogP contribution is -2.20. The standard InChI is InChI=1S/C15H17NO/c1-12-7-9-13(10-8-12)11-16-15(17)14-5-3-2-4-6-14/h2-10,15-17H,11H2,1H3. The van der Waals surface area contributed by atoms with Crippen molar-refractivity contribution in [2.45, 2.75) is 19.7 Å². The van der Waals surface area contributed by atoms with E-state index < -0.39 is 6.23 Å². The summed E-state index contributed by atoms with van der Waals surface area (Å²) in [5.74, 6) is 0. The second-order valence-corrected chi connectivity index (χ2v) is 4.18. The molecule has 2 nitrogen and oxygen atoms in total. The average Bonchev–Trinajstić information content (AvgIpc) is 2.39. The Labute approximate surface area is 102 Å². The van der Waals surface area contributed by atoms with Gasteiger partial charge in [0, 0.05) is 6.54 Å². The quantitative estimate of drug-likeness (QED) is 0.787. The first-order chi connectivity index (χ1) is 8.25. The minimum atomic E-state index is -0.613. The van der Waals surface area contributed by atoms with Crippen molar-refractivity contribution in [1.82, 2.24) is 5.32 Å². The lowest BCUT2D eigenvalue weighted by atomic mass is 10.1. The molecule has 1 atom stereocenters. The molecule has 0 fully saturated rings. The molecule has 88 valence electrons. The van der Waals surface area contributed by atoms with Gasteiger partial charge in [0.25, 0.3) is 0 Å². The minimum Gasteiger partial charge on any atom is -0.374 e. The number of rotatable bonds is 4. The van der Waals surface area contributed by atoms with Crippen molar-refractivity contribution in [3.05, 3.63) is 71.3 Å². The Morgan fingerprint density at radius 3 is 2.29 bits per heavy atom. The van der Waals surface area contributed by atoms with Gasteiger partial charge < -0.3 is 5.11 Å². The van der Waals surface area contributed by atoms with E-state index in [9.17, 15) is 5.11 Å². The molecule has 2 rings (SSSR count). The molecule has 0 aliphatic rings. The Morgan fingerprint density at radius 2 is 1.65 bits per heavy atom. The van der Waals surface area contributed by atoms with Crippen LogP contribution in [-0.2, 0) is 6.54 Å². The molecule has 0 saturated heterocycles. The number of hydrogen-bond donors (Lipinski definition) is 2. The SMILES string of the molecule is Cc1ccc(CNC(O)c2ccccc2)cc1. The van der Waals surface area contributed by atoms with Gasteiger partial charge in [0.2, 0.25) is 0 Å². The molecular formula is C15H17NO. The zero-order valence-corrected chi connectivity index (χ0v) is 9.93. The summed E-state index contributed by atoms with van der Waals surface area (Å²) in [6.45, 7) is 2.73. The van der Waals surface area contributed by atoms with Crippen molar-refractivity contribution >= 4 is 0 Å². The van der Waals surface area contributed by atoms with Crippen molar-refractivity contribution in [3.8, 4) is 0 Å². The Morgan fingerprint density at radius 1 is 1.00 bits per heavy atom. The molecule has 0 bridgehead atoms. The van der Waals surface area contributed by atoms with Gasteiger partial charge in [-0.1, -0.05) is 60.2 Å². The summed E-state index contributed by atoms with van der Waals surface area (Å²) in [5, 5.41) is 13.0. The van der Waals surface area contributed by atoms with E-state index >= 15 is 0 Å². The number of hydrogen-bond acceptors (Lipinski definition) is 2. The van der Waals surface area contributed by atoms with E-state index in [2.05, 4.69) is 36.5 Å². The number of aliphatic hydroxyl groups excluding tert-OH is 1. The highest BCUT2D eigenvalue weighted by Gasteiger charge is 2.04. The molecule has 0 saturated carbocycles. The second-order valence-electron chi connectivity index (χ2n) is 4.18. The highest BCUT2D eigenvalue weighted by atomic mass is 16.3. The molecule has 0 heterocycles. The summed E-state index contributed by atoms with van der Waals surface area (Å²) in [4.78, 5) is 0. The summed E-state index contributed by atoms with van der Waals surface area (Å²) in [7, 11) is 0. The molecule has 0 amide bonds. The monoisotopic (exact) mass is 227 g/mol. The van der Waals surface area contributed by atoms with E-state index in [0.29, 0.717) is 6.54 Å². The molecule has 2 heteroatoms. The van der Waals surface area contributed by atoms with Gasteiger partial charge in [0.15, 0.2) is 0 Å². The van der Waals surface area contributed by atoms with Crippen LogP contribution < -0.4 is 5.32 Å². The van der Waals surface area contributed by atoms with Gasteiger partial charge >= 0.3 is 0 Å². The Bertz CT molecular complexity index is 450. The fourth-order valence-electron chi connectivity index (χ4n) is 1.67. The highest BCUT2D eigenvalue weighted by Crippen LogP contribution is 2.10. The van der Waals surface area contributed by atoms with E-state index in [4.69, 9.17) is 0 Å². The fourth-order valence-corrected chi connectivity index (χ4v) is 1.67. The number of benzene rings is 2. The van der Waals surface area contributed by atoms with Crippen LogP contribution in [0.2, 0.25) is 0 Å². The van der Waals surface area contributed by atoms with Crippen molar-refractivity contribution < 1.29 is 5.11 Å². The van der Waals surface area contributed by atoms with Gasteiger partial charge in [-0.05, 0) is 18.1 Å². The predicted molar refractivity (Wildman–Crippen MR) is 69.4 cm³/mol. The van der Waals surface area contributed by atoms with Crippen LogP contribution in [0.3, 0.4) is 0 Å². The summed E-state index contributed by atoms with van der Waals surface area (Å²) in [6.07, 6.45) is -0.613. The summed E-state index contributed by atoms with van der Waals surface area (Å²) >= 11 is 0. The van der Waals surface area contributed by atoms with Gasteiger partial charge in [-0.25, -0.2) is 0 Å². The molecule has 1 unspecified atom stereocenters. The Hall–Kier alpha value is -1.64. The molecule has 0 aliphatic heterocycles. The van der Waals surface area contributed by atoms with Gasteiger partial charge in [-0.15, -0.1) is 0 Å². The molecule has 2 aromatic carbocycles. The number of aryl methyl sites for hydroxylation is 1. The Kier molecular flexibility index (Phi) is 3.91. The number of nitrogens with one attached hydrogen (secondary N) is 1. The van der Waals surface area contributed by atoms with Crippen LogP contribution in [0.25, 0.3) is 0 Å². The first-order valence-corrected chi connectivity index (χ1v) is 5.77. The van der Waals surface area contributed by atoms with Gasteiger partial charge in [0.1, 0.15) is 6.23 Å². The van der Waals surface area contributed by atoms with Crippen molar-refractivity contribution in [3.63, 3.8) is 0 Å². The third-order valence-electron chi connectivity index (χ3n) is 2.74. The van der Waals surface area contributed by atoms with Crippen LogP contribution in [-0.4, -0.2) is 5.11 Å². The normalized spacial score (nSPS) is 12.4. The first-order valence-electron chi connectivity index (χ1n) is 5.77.